The minimum absolute atomic E-state index is 0.727. The third-order valence-corrected chi connectivity index (χ3v) is 6.58. The zero-order chi connectivity index (χ0) is 19.3. The van der Waals surface area contributed by atoms with Gasteiger partial charge in [-0.15, -0.1) is 0 Å². The van der Waals surface area contributed by atoms with Gasteiger partial charge in [0.15, 0.2) is 0 Å². The summed E-state index contributed by atoms with van der Waals surface area (Å²) < 4.78 is 18.8. The molecule has 0 amide bonds. The summed E-state index contributed by atoms with van der Waals surface area (Å²) in [6.45, 7) is 11.0. The number of unbranched alkanes of at least 4 members (excludes halogenated alkanes) is 7. The normalized spacial score (nSPS) is 12.6. The average Bonchev–Trinajstić information content (AvgIpc) is 2.65. The lowest BCUT2D eigenvalue weighted by Crippen LogP contribution is -2.45. The van der Waals surface area contributed by atoms with Gasteiger partial charge in [0.2, 0.25) is 0 Å². The van der Waals surface area contributed by atoms with E-state index in [0.717, 1.165) is 45.5 Å². The van der Waals surface area contributed by atoms with Crippen molar-refractivity contribution in [3.63, 3.8) is 0 Å². The molecule has 154 valence electrons. The van der Waals surface area contributed by atoms with Gasteiger partial charge < -0.3 is 13.3 Å². The van der Waals surface area contributed by atoms with Crippen molar-refractivity contribution in [1.29, 1.82) is 0 Å². The van der Waals surface area contributed by atoms with Crippen molar-refractivity contribution < 1.29 is 13.3 Å². The van der Waals surface area contributed by atoms with E-state index in [4.69, 9.17) is 13.3 Å². The Morgan fingerprint density at radius 3 is 1.42 bits per heavy atom. The van der Waals surface area contributed by atoms with Crippen molar-refractivity contribution in [3.8, 4) is 0 Å². The molecule has 0 saturated heterocycles. The van der Waals surface area contributed by atoms with Crippen LogP contribution in [0.3, 0.4) is 0 Å². The van der Waals surface area contributed by atoms with Crippen molar-refractivity contribution in [3.05, 3.63) is 23.9 Å². The Bertz CT molecular complexity index is 311. The Hall–Kier alpha value is -0.423. The second kappa shape index (κ2) is 19.3. The summed E-state index contributed by atoms with van der Waals surface area (Å²) in [5, 5.41) is 0. The molecule has 0 spiro atoms. The lowest BCUT2D eigenvalue weighted by Gasteiger charge is -2.27. The van der Waals surface area contributed by atoms with Crippen LogP contribution in [0.15, 0.2) is 23.9 Å². The largest absolute Gasteiger partial charge is 0.529 e. The van der Waals surface area contributed by atoms with Gasteiger partial charge >= 0.3 is 8.80 Å². The Morgan fingerprint density at radius 1 is 0.577 bits per heavy atom. The molecule has 0 aromatic heterocycles. The zero-order valence-electron chi connectivity index (χ0n) is 17.9. The molecule has 0 fully saturated rings. The molecule has 0 radical (unpaired) electrons. The highest BCUT2D eigenvalue weighted by atomic mass is 28.4. The Balaban J connectivity index is 4.89. The lowest BCUT2D eigenvalue weighted by molar-refractivity contribution is 0.0676. The fraction of sp³-hybridized carbons (Fsp3) is 0.818. The summed E-state index contributed by atoms with van der Waals surface area (Å²) in [5.41, 5.74) is 2.09. The molecule has 0 aliphatic heterocycles. The molecule has 0 rings (SSSR count). The summed E-state index contributed by atoms with van der Waals surface area (Å²) in [4.78, 5) is 0. The van der Waals surface area contributed by atoms with Crippen molar-refractivity contribution in [2.45, 2.75) is 98.3 Å². The van der Waals surface area contributed by atoms with Crippen molar-refractivity contribution in [2.75, 3.05) is 19.8 Å². The molecule has 0 heterocycles. The molecular weight excluding hydrogens is 340 g/mol. The first-order valence-corrected chi connectivity index (χ1v) is 12.8. The van der Waals surface area contributed by atoms with Crippen molar-refractivity contribution >= 4 is 8.80 Å². The first kappa shape index (κ1) is 25.6. The van der Waals surface area contributed by atoms with Crippen molar-refractivity contribution in [1.82, 2.24) is 0 Å². The highest BCUT2D eigenvalue weighted by Crippen LogP contribution is 2.16. The maximum atomic E-state index is 6.27. The van der Waals surface area contributed by atoms with E-state index < -0.39 is 8.80 Å². The molecule has 0 bridgehead atoms. The summed E-state index contributed by atoms with van der Waals surface area (Å²) in [7, 11) is -2.74. The maximum Gasteiger partial charge on any atom is 0.529 e. The zero-order valence-corrected chi connectivity index (χ0v) is 18.9. The minimum Gasteiger partial charge on any atom is -0.370 e. The molecule has 0 atom stereocenters. The van der Waals surface area contributed by atoms with Gasteiger partial charge in [0, 0.05) is 19.8 Å². The van der Waals surface area contributed by atoms with Gasteiger partial charge in [-0.05, 0) is 31.4 Å². The highest BCUT2D eigenvalue weighted by Gasteiger charge is 2.38. The molecule has 4 heteroatoms. The second-order valence-corrected chi connectivity index (χ2v) is 9.25. The standard InChI is InChI=1S/C22H44O3Si/c1-5-9-13-14-18-22-26(23-19-15-10-6-2,24-20-16-11-7-3)25-21-17-12-8-4/h13-14,18,22H,5-12,15-17,19-21H2,1-4H3. The Morgan fingerprint density at radius 2 is 1.04 bits per heavy atom. The van der Waals surface area contributed by atoms with Crippen LogP contribution in [0.5, 0.6) is 0 Å². The lowest BCUT2D eigenvalue weighted by atomic mass is 10.3. The third kappa shape index (κ3) is 14.7. The number of allylic oxidation sites excluding steroid dienone is 3. The summed E-state index contributed by atoms with van der Waals surface area (Å²) >= 11 is 0. The summed E-state index contributed by atoms with van der Waals surface area (Å²) in [6, 6.07) is 0. The number of hydrogen-bond donors (Lipinski definition) is 0. The van der Waals surface area contributed by atoms with Gasteiger partial charge in [0.25, 0.3) is 0 Å². The van der Waals surface area contributed by atoms with Gasteiger partial charge in [0.1, 0.15) is 0 Å². The Labute approximate surface area is 164 Å². The third-order valence-electron chi connectivity index (χ3n) is 4.16. The molecular formula is C22H44O3Si. The molecule has 0 aliphatic carbocycles. The van der Waals surface area contributed by atoms with E-state index in [0.29, 0.717) is 0 Å². The maximum absolute atomic E-state index is 6.27. The van der Waals surface area contributed by atoms with Crippen LogP contribution in [0.4, 0.5) is 0 Å². The molecule has 0 aromatic rings. The monoisotopic (exact) mass is 384 g/mol. The van der Waals surface area contributed by atoms with E-state index in [1.54, 1.807) is 0 Å². The molecule has 3 nitrogen and oxygen atoms in total. The fourth-order valence-electron chi connectivity index (χ4n) is 2.48. The van der Waals surface area contributed by atoms with Gasteiger partial charge in [0.05, 0.1) is 0 Å². The van der Waals surface area contributed by atoms with Gasteiger partial charge in [-0.1, -0.05) is 90.9 Å². The van der Waals surface area contributed by atoms with Crippen LogP contribution in [0.1, 0.15) is 98.3 Å². The highest BCUT2D eigenvalue weighted by molar-refractivity contribution is 6.66. The first-order valence-electron chi connectivity index (χ1n) is 11.0. The van der Waals surface area contributed by atoms with Crippen LogP contribution in [-0.4, -0.2) is 28.6 Å². The number of hydrogen-bond acceptors (Lipinski definition) is 3. The molecule has 0 aromatic carbocycles. The van der Waals surface area contributed by atoms with E-state index in [1.807, 2.05) is 0 Å². The summed E-state index contributed by atoms with van der Waals surface area (Å²) in [5.74, 6) is 0. The van der Waals surface area contributed by atoms with Crippen LogP contribution < -0.4 is 0 Å². The summed E-state index contributed by atoms with van der Waals surface area (Å²) in [6.07, 6.45) is 19.0. The van der Waals surface area contributed by atoms with Crippen LogP contribution in [0.2, 0.25) is 0 Å². The molecule has 26 heavy (non-hydrogen) atoms. The fourth-order valence-corrected chi connectivity index (χ4v) is 4.66. The predicted octanol–water partition coefficient (Wildman–Crippen LogP) is 7.00. The quantitative estimate of drug-likeness (QED) is 0.136. The minimum atomic E-state index is -2.74. The topological polar surface area (TPSA) is 27.7 Å². The van der Waals surface area contributed by atoms with Crippen LogP contribution in [-0.2, 0) is 13.3 Å². The van der Waals surface area contributed by atoms with E-state index >= 15 is 0 Å². The second-order valence-electron chi connectivity index (χ2n) is 6.85. The smallest absolute Gasteiger partial charge is 0.370 e. The molecule has 0 aliphatic rings. The van der Waals surface area contributed by atoms with E-state index in [-0.39, 0.29) is 0 Å². The van der Waals surface area contributed by atoms with Crippen LogP contribution in [0.25, 0.3) is 0 Å². The van der Waals surface area contributed by atoms with Gasteiger partial charge in [-0.2, -0.15) is 0 Å². The van der Waals surface area contributed by atoms with Gasteiger partial charge in [-0.25, -0.2) is 0 Å². The number of rotatable bonds is 19. The van der Waals surface area contributed by atoms with E-state index in [1.165, 1.54) is 44.9 Å². The molecule has 0 saturated carbocycles. The van der Waals surface area contributed by atoms with Crippen LogP contribution in [0, 0.1) is 0 Å². The first-order chi connectivity index (χ1) is 12.7. The predicted molar refractivity (Wildman–Crippen MR) is 115 cm³/mol. The van der Waals surface area contributed by atoms with Crippen molar-refractivity contribution in [2.24, 2.45) is 0 Å². The molecule has 0 unspecified atom stereocenters. The van der Waals surface area contributed by atoms with E-state index in [2.05, 4.69) is 51.6 Å². The molecule has 0 N–H and O–H groups in total. The average molecular weight is 385 g/mol. The SMILES string of the molecule is CCCC=CC=C[Si](OCCCCC)(OCCCCC)OCCCCC. The van der Waals surface area contributed by atoms with Gasteiger partial charge in [-0.3, -0.25) is 0 Å². The Kier molecular flexibility index (Phi) is 19.0. The van der Waals surface area contributed by atoms with Crippen LogP contribution >= 0.6 is 0 Å². The van der Waals surface area contributed by atoms with E-state index in [9.17, 15) is 0 Å².